The highest BCUT2D eigenvalue weighted by Gasteiger charge is 2.19. The van der Waals surface area contributed by atoms with E-state index in [0.717, 1.165) is 25.2 Å². The summed E-state index contributed by atoms with van der Waals surface area (Å²) in [4.78, 5) is 15.6. The van der Waals surface area contributed by atoms with Crippen molar-refractivity contribution < 1.29 is 9.53 Å². The number of aromatic nitrogens is 1. The average Bonchev–Trinajstić information content (AvgIpc) is 2.82. The number of pyridine rings is 1. The summed E-state index contributed by atoms with van der Waals surface area (Å²) in [6, 6.07) is 3.50. The number of hydrogen-bond acceptors (Lipinski definition) is 4. The lowest BCUT2D eigenvalue weighted by molar-refractivity contribution is 0.0600. The molecule has 80 valence electrons. The standard InChI is InChI=1S/C11H14N2O2/c1-15-11(14)8-3-5-13-10(6-8)9-2-4-12-7-9/h3,5-6,9,12H,2,4,7H2,1H3. The number of hydrogen-bond donors (Lipinski definition) is 1. The van der Waals surface area contributed by atoms with Gasteiger partial charge in [0.15, 0.2) is 0 Å². The van der Waals surface area contributed by atoms with Gasteiger partial charge in [-0.25, -0.2) is 4.79 Å². The maximum absolute atomic E-state index is 11.3. The molecule has 0 aliphatic carbocycles. The first-order valence-electron chi connectivity index (χ1n) is 5.06. The summed E-state index contributed by atoms with van der Waals surface area (Å²) in [5, 5.41) is 3.28. The molecule has 1 fully saturated rings. The van der Waals surface area contributed by atoms with Gasteiger partial charge in [-0.3, -0.25) is 4.98 Å². The Balaban J connectivity index is 2.21. The van der Waals surface area contributed by atoms with Gasteiger partial charge in [-0.2, -0.15) is 0 Å². The Hall–Kier alpha value is -1.42. The molecule has 4 heteroatoms. The molecule has 1 N–H and O–H groups in total. The van der Waals surface area contributed by atoms with E-state index in [1.165, 1.54) is 7.11 Å². The second-order valence-electron chi connectivity index (χ2n) is 3.65. The molecule has 0 spiro atoms. The molecule has 1 aliphatic rings. The lowest BCUT2D eigenvalue weighted by Crippen LogP contribution is -2.10. The number of esters is 1. The van der Waals surface area contributed by atoms with Crippen LogP contribution in [0.1, 0.15) is 28.4 Å². The first-order valence-corrected chi connectivity index (χ1v) is 5.06. The first kappa shape index (κ1) is 10.1. The second kappa shape index (κ2) is 4.40. The molecule has 0 saturated carbocycles. The van der Waals surface area contributed by atoms with Gasteiger partial charge >= 0.3 is 5.97 Å². The molecule has 0 amide bonds. The van der Waals surface area contributed by atoms with Gasteiger partial charge in [-0.15, -0.1) is 0 Å². The van der Waals surface area contributed by atoms with Crippen molar-refractivity contribution in [1.82, 2.24) is 10.3 Å². The van der Waals surface area contributed by atoms with Gasteiger partial charge in [0.05, 0.1) is 12.7 Å². The van der Waals surface area contributed by atoms with Gasteiger partial charge < -0.3 is 10.1 Å². The number of nitrogens with one attached hydrogen (secondary N) is 1. The molecule has 0 bridgehead atoms. The molecular formula is C11H14N2O2. The van der Waals surface area contributed by atoms with E-state index in [-0.39, 0.29) is 5.97 Å². The van der Waals surface area contributed by atoms with Gasteiger partial charge in [0.2, 0.25) is 0 Å². The molecule has 1 aromatic rings. The Morgan fingerprint density at radius 2 is 2.53 bits per heavy atom. The van der Waals surface area contributed by atoms with Crippen molar-refractivity contribution in [1.29, 1.82) is 0 Å². The Morgan fingerprint density at radius 1 is 1.67 bits per heavy atom. The van der Waals surface area contributed by atoms with Crippen molar-refractivity contribution in [2.45, 2.75) is 12.3 Å². The minimum absolute atomic E-state index is 0.301. The predicted molar refractivity (Wildman–Crippen MR) is 55.8 cm³/mol. The summed E-state index contributed by atoms with van der Waals surface area (Å²) in [6.45, 7) is 1.96. The van der Waals surface area contributed by atoms with Crippen LogP contribution in [-0.2, 0) is 4.74 Å². The summed E-state index contributed by atoms with van der Waals surface area (Å²) < 4.78 is 4.67. The molecule has 0 aromatic carbocycles. The third-order valence-electron chi connectivity index (χ3n) is 2.68. The molecule has 1 aromatic heterocycles. The Kier molecular flexibility index (Phi) is 2.97. The number of rotatable bonds is 2. The van der Waals surface area contributed by atoms with Crippen LogP contribution in [-0.4, -0.2) is 31.2 Å². The SMILES string of the molecule is COC(=O)c1ccnc(C2CCNC2)c1. The van der Waals surface area contributed by atoms with Crippen molar-refractivity contribution in [3.8, 4) is 0 Å². The van der Waals surface area contributed by atoms with Crippen LogP contribution < -0.4 is 5.32 Å². The fraction of sp³-hybridized carbons (Fsp3) is 0.455. The molecule has 1 unspecified atom stereocenters. The highest BCUT2D eigenvalue weighted by molar-refractivity contribution is 5.89. The molecular weight excluding hydrogens is 192 g/mol. The zero-order valence-electron chi connectivity index (χ0n) is 8.69. The maximum Gasteiger partial charge on any atom is 0.337 e. The number of ether oxygens (including phenoxy) is 1. The van der Waals surface area contributed by atoms with Crippen LogP contribution in [0.15, 0.2) is 18.3 Å². The Morgan fingerprint density at radius 3 is 3.20 bits per heavy atom. The van der Waals surface area contributed by atoms with E-state index in [1.807, 2.05) is 6.07 Å². The predicted octanol–water partition coefficient (Wildman–Crippen LogP) is 0.945. The summed E-state index contributed by atoms with van der Waals surface area (Å²) in [6.07, 6.45) is 2.75. The van der Waals surface area contributed by atoms with Crippen molar-refractivity contribution in [3.05, 3.63) is 29.6 Å². The van der Waals surface area contributed by atoms with Crippen molar-refractivity contribution in [2.75, 3.05) is 20.2 Å². The van der Waals surface area contributed by atoms with Crippen molar-refractivity contribution in [2.24, 2.45) is 0 Å². The van der Waals surface area contributed by atoms with Crippen LogP contribution in [0.4, 0.5) is 0 Å². The lowest BCUT2D eigenvalue weighted by Gasteiger charge is -2.08. The number of nitrogens with zero attached hydrogens (tertiary/aromatic N) is 1. The molecule has 1 aliphatic heterocycles. The van der Waals surface area contributed by atoms with Crippen molar-refractivity contribution in [3.63, 3.8) is 0 Å². The van der Waals surface area contributed by atoms with E-state index < -0.39 is 0 Å². The molecule has 4 nitrogen and oxygen atoms in total. The van der Waals surface area contributed by atoms with E-state index in [1.54, 1.807) is 12.3 Å². The zero-order valence-corrected chi connectivity index (χ0v) is 8.69. The third-order valence-corrected chi connectivity index (χ3v) is 2.68. The number of methoxy groups -OCH3 is 1. The van der Waals surface area contributed by atoms with Crippen LogP contribution in [0.25, 0.3) is 0 Å². The minimum atomic E-state index is -0.301. The molecule has 15 heavy (non-hydrogen) atoms. The number of carbonyl (C=O) groups excluding carboxylic acids is 1. The summed E-state index contributed by atoms with van der Waals surface area (Å²) in [5.74, 6) is 0.124. The minimum Gasteiger partial charge on any atom is -0.465 e. The smallest absolute Gasteiger partial charge is 0.337 e. The molecule has 2 rings (SSSR count). The van der Waals surface area contributed by atoms with E-state index in [4.69, 9.17) is 0 Å². The van der Waals surface area contributed by atoms with Gasteiger partial charge in [-0.05, 0) is 25.1 Å². The van der Waals surface area contributed by atoms with Crippen LogP contribution in [0, 0.1) is 0 Å². The zero-order chi connectivity index (χ0) is 10.7. The van der Waals surface area contributed by atoms with Crippen LogP contribution in [0.3, 0.4) is 0 Å². The number of carbonyl (C=O) groups is 1. The normalized spacial score (nSPS) is 20.2. The van der Waals surface area contributed by atoms with Crippen LogP contribution >= 0.6 is 0 Å². The Labute approximate surface area is 88.7 Å². The third kappa shape index (κ3) is 2.15. The maximum atomic E-state index is 11.3. The topological polar surface area (TPSA) is 51.2 Å². The van der Waals surface area contributed by atoms with E-state index >= 15 is 0 Å². The van der Waals surface area contributed by atoms with Crippen LogP contribution in [0.5, 0.6) is 0 Å². The molecule has 1 atom stereocenters. The monoisotopic (exact) mass is 206 g/mol. The van der Waals surface area contributed by atoms with Gasteiger partial charge in [0, 0.05) is 24.4 Å². The Bertz CT molecular complexity index is 359. The molecule has 0 radical (unpaired) electrons. The van der Waals surface area contributed by atoms with E-state index in [9.17, 15) is 4.79 Å². The molecule has 1 saturated heterocycles. The summed E-state index contributed by atoms with van der Waals surface area (Å²) in [7, 11) is 1.39. The lowest BCUT2D eigenvalue weighted by atomic mass is 10.0. The quantitative estimate of drug-likeness (QED) is 0.732. The fourth-order valence-electron chi connectivity index (χ4n) is 1.82. The van der Waals surface area contributed by atoms with Crippen molar-refractivity contribution >= 4 is 5.97 Å². The largest absolute Gasteiger partial charge is 0.465 e. The van der Waals surface area contributed by atoms with Gasteiger partial charge in [-0.1, -0.05) is 0 Å². The van der Waals surface area contributed by atoms with E-state index in [2.05, 4.69) is 15.0 Å². The highest BCUT2D eigenvalue weighted by Crippen LogP contribution is 2.20. The summed E-state index contributed by atoms with van der Waals surface area (Å²) >= 11 is 0. The van der Waals surface area contributed by atoms with Gasteiger partial charge in [0.25, 0.3) is 0 Å². The fourth-order valence-corrected chi connectivity index (χ4v) is 1.82. The second-order valence-corrected chi connectivity index (χ2v) is 3.65. The summed E-state index contributed by atoms with van der Waals surface area (Å²) in [5.41, 5.74) is 1.55. The highest BCUT2D eigenvalue weighted by atomic mass is 16.5. The van der Waals surface area contributed by atoms with Crippen LogP contribution in [0.2, 0.25) is 0 Å². The molecule has 2 heterocycles. The first-order chi connectivity index (χ1) is 7.31. The average molecular weight is 206 g/mol. The van der Waals surface area contributed by atoms with Gasteiger partial charge in [0.1, 0.15) is 0 Å². The van der Waals surface area contributed by atoms with E-state index in [0.29, 0.717) is 11.5 Å².